The SMILES string of the molecule is CC(C)C(Nc1ccccc1)C(=O)NCC(=O)O. The van der Waals surface area contributed by atoms with Crippen molar-refractivity contribution in [3.05, 3.63) is 30.3 Å². The average Bonchev–Trinajstić information content (AvgIpc) is 2.34. The number of aliphatic carboxylic acids is 1. The number of carbonyl (C=O) groups is 2. The molecule has 0 aliphatic rings. The summed E-state index contributed by atoms with van der Waals surface area (Å²) in [5, 5.41) is 14.0. The van der Waals surface area contributed by atoms with Crippen LogP contribution in [0.1, 0.15) is 13.8 Å². The summed E-state index contributed by atoms with van der Waals surface area (Å²) in [7, 11) is 0. The number of carboxylic acids is 1. The molecule has 1 atom stereocenters. The lowest BCUT2D eigenvalue weighted by Crippen LogP contribution is -2.44. The maximum Gasteiger partial charge on any atom is 0.322 e. The monoisotopic (exact) mass is 250 g/mol. The Balaban J connectivity index is 2.65. The van der Waals surface area contributed by atoms with Gasteiger partial charge in [-0.2, -0.15) is 0 Å². The minimum atomic E-state index is -1.05. The largest absolute Gasteiger partial charge is 0.480 e. The first-order valence-electron chi connectivity index (χ1n) is 5.82. The van der Waals surface area contributed by atoms with Gasteiger partial charge < -0.3 is 15.7 Å². The highest BCUT2D eigenvalue weighted by Crippen LogP contribution is 2.12. The lowest BCUT2D eigenvalue weighted by Gasteiger charge is -2.22. The summed E-state index contributed by atoms with van der Waals surface area (Å²) < 4.78 is 0. The number of para-hydroxylation sites is 1. The molecule has 5 nitrogen and oxygen atoms in total. The molecule has 1 unspecified atom stereocenters. The normalized spacial score (nSPS) is 11.9. The molecular weight excluding hydrogens is 232 g/mol. The highest BCUT2D eigenvalue weighted by molar-refractivity contribution is 5.87. The molecule has 0 saturated heterocycles. The van der Waals surface area contributed by atoms with Crippen LogP contribution in [-0.2, 0) is 9.59 Å². The molecule has 1 amide bonds. The first-order chi connectivity index (χ1) is 8.50. The Labute approximate surface area is 106 Å². The Kier molecular flexibility index (Phi) is 5.17. The highest BCUT2D eigenvalue weighted by Gasteiger charge is 2.22. The Morgan fingerprint density at radius 1 is 1.22 bits per heavy atom. The number of hydrogen-bond acceptors (Lipinski definition) is 3. The average molecular weight is 250 g/mol. The fraction of sp³-hybridized carbons (Fsp3) is 0.385. The molecule has 0 saturated carbocycles. The molecule has 5 heteroatoms. The molecule has 0 bridgehead atoms. The van der Waals surface area contributed by atoms with Crippen molar-refractivity contribution in [1.29, 1.82) is 0 Å². The number of carboxylic acid groups (broad SMARTS) is 1. The van der Waals surface area contributed by atoms with Crippen LogP contribution in [0.2, 0.25) is 0 Å². The van der Waals surface area contributed by atoms with Crippen LogP contribution < -0.4 is 10.6 Å². The van der Waals surface area contributed by atoms with Gasteiger partial charge in [0.05, 0.1) is 0 Å². The number of amides is 1. The molecular formula is C13H18N2O3. The van der Waals surface area contributed by atoms with Crippen molar-refractivity contribution in [3.8, 4) is 0 Å². The second-order valence-electron chi connectivity index (χ2n) is 4.34. The van der Waals surface area contributed by atoms with Crippen LogP contribution in [0.5, 0.6) is 0 Å². The second kappa shape index (κ2) is 6.64. The zero-order valence-electron chi connectivity index (χ0n) is 10.5. The maximum atomic E-state index is 11.9. The van der Waals surface area contributed by atoms with E-state index in [9.17, 15) is 9.59 Å². The van der Waals surface area contributed by atoms with Crippen LogP contribution in [0, 0.1) is 5.92 Å². The molecule has 0 fully saturated rings. The van der Waals surface area contributed by atoms with E-state index in [-0.39, 0.29) is 18.4 Å². The van der Waals surface area contributed by atoms with Crippen LogP contribution in [0.4, 0.5) is 5.69 Å². The lowest BCUT2D eigenvalue weighted by atomic mass is 10.0. The van der Waals surface area contributed by atoms with Gasteiger partial charge in [-0.25, -0.2) is 0 Å². The summed E-state index contributed by atoms with van der Waals surface area (Å²) in [6, 6.07) is 8.90. The third-order valence-electron chi connectivity index (χ3n) is 2.46. The van der Waals surface area contributed by atoms with Gasteiger partial charge in [0.15, 0.2) is 0 Å². The fourth-order valence-electron chi connectivity index (χ4n) is 1.52. The smallest absolute Gasteiger partial charge is 0.322 e. The van der Waals surface area contributed by atoms with Gasteiger partial charge in [-0.1, -0.05) is 32.0 Å². The number of rotatable bonds is 6. The lowest BCUT2D eigenvalue weighted by molar-refractivity contribution is -0.138. The van der Waals surface area contributed by atoms with E-state index in [0.717, 1.165) is 5.69 Å². The van der Waals surface area contributed by atoms with Crippen LogP contribution >= 0.6 is 0 Å². The van der Waals surface area contributed by atoms with Gasteiger partial charge in [0, 0.05) is 5.69 Å². The number of benzene rings is 1. The zero-order chi connectivity index (χ0) is 13.5. The Bertz CT molecular complexity index is 404. The topological polar surface area (TPSA) is 78.4 Å². The molecule has 0 aromatic heterocycles. The van der Waals surface area contributed by atoms with Gasteiger partial charge in [-0.05, 0) is 18.1 Å². The van der Waals surface area contributed by atoms with Crippen LogP contribution in [0.3, 0.4) is 0 Å². The van der Waals surface area contributed by atoms with E-state index in [1.54, 1.807) is 0 Å². The van der Waals surface area contributed by atoms with E-state index in [1.807, 2.05) is 44.2 Å². The van der Waals surface area contributed by atoms with Crippen molar-refractivity contribution in [2.75, 3.05) is 11.9 Å². The summed E-state index contributed by atoms with van der Waals surface area (Å²) in [4.78, 5) is 22.3. The third kappa shape index (κ3) is 4.45. The highest BCUT2D eigenvalue weighted by atomic mass is 16.4. The first kappa shape index (κ1) is 14.0. The predicted molar refractivity (Wildman–Crippen MR) is 69.3 cm³/mol. The number of carbonyl (C=O) groups excluding carboxylic acids is 1. The van der Waals surface area contributed by atoms with E-state index in [1.165, 1.54) is 0 Å². The van der Waals surface area contributed by atoms with Crippen molar-refractivity contribution in [2.45, 2.75) is 19.9 Å². The Morgan fingerprint density at radius 2 is 1.83 bits per heavy atom. The maximum absolute atomic E-state index is 11.9. The van der Waals surface area contributed by atoms with E-state index < -0.39 is 12.0 Å². The molecule has 18 heavy (non-hydrogen) atoms. The van der Waals surface area contributed by atoms with Crippen molar-refractivity contribution >= 4 is 17.6 Å². The fourth-order valence-corrected chi connectivity index (χ4v) is 1.52. The van der Waals surface area contributed by atoms with Crippen molar-refractivity contribution in [3.63, 3.8) is 0 Å². The van der Waals surface area contributed by atoms with Crippen molar-refractivity contribution in [1.82, 2.24) is 5.32 Å². The van der Waals surface area contributed by atoms with Gasteiger partial charge >= 0.3 is 5.97 Å². The van der Waals surface area contributed by atoms with E-state index >= 15 is 0 Å². The van der Waals surface area contributed by atoms with Gasteiger partial charge in [-0.3, -0.25) is 9.59 Å². The Hall–Kier alpha value is -2.04. The molecule has 0 aliphatic heterocycles. The minimum Gasteiger partial charge on any atom is -0.480 e. The van der Waals surface area contributed by atoms with Crippen molar-refractivity contribution in [2.24, 2.45) is 5.92 Å². The number of hydrogen-bond donors (Lipinski definition) is 3. The van der Waals surface area contributed by atoms with Crippen LogP contribution in [-0.4, -0.2) is 29.6 Å². The summed E-state index contributed by atoms with van der Waals surface area (Å²) in [6.45, 7) is 3.44. The standard InChI is InChI=1S/C13H18N2O3/c1-9(2)12(13(18)14-8-11(16)17)15-10-6-4-3-5-7-10/h3-7,9,12,15H,8H2,1-2H3,(H,14,18)(H,16,17). The summed E-state index contributed by atoms with van der Waals surface area (Å²) in [6.07, 6.45) is 0. The first-order valence-corrected chi connectivity index (χ1v) is 5.82. The molecule has 1 aromatic carbocycles. The summed E-state index contributed by atoms with van der Waals surface area (Å²) >= 11 is 0. The summed E-state index contributed by atoms with van der Waals surface area (Å²) in [5.74, 6) is -1.30. The molecule has 0 aliphatic carbocycles. The molecule has 0 spiro atoms. The number of nitrogens with one attached hydrogen (secondary N) is 2. The van der Waals surface area contributed by atoms with E-state index in [0.29, 0.717) is 0 Å². The minimum absolute atomic E-state index is 0.0546. The second-order valence-corrected chi connectivity index (χ2v) is 4.34. The van der Waals surface area contributed by atoms with Crippen LogP contribution in [0.25, 0.3) is 0 Å². The van der Waals surface area contributed by atoms with Gasteiger partial charge in [0.1, 0.15) is 12.6 Å². The molecule has 0 radical (unpaired) electrons. The molecule has 1 aromatic rings. The predicted octanol–water partition coefficient (Wildman–Crippen LogP) is 1.32. The van der Waals surface area contributed by atoms with Gasteiger partial charge in [0.25, 0.3) is 0 Å². The van der Waals surface area contributed by atoms with Gasteiger partial charge in [-0.15, -0.1) is 0 Å². The summed E-state index contributed by atoms with van der Waals surface area (Å²) in [5.41, 5.74) is 0.835. The third-order valence-corrected chi connectivity index (χ3v) is 2.46. The molecule has 98 valence electrons. The number of anilines is 1. The van der Waals surface area contributed by atoms with E-state index in [2.05, 4.69) is 10.6 Å². The quantitative estimate of drug-likeness (QED) is 0.711. The van der Waals surface area contributed by atoms with Crippen LogP contribution in [0.15, 0.2) is 30.3 Å². The molecule has 3 N–H and O–H groups in total. The van der Waals surface area contributed by atoms with E-state index in [4.69, 9.17) is 5.11 Å². The van der Waals surface area contributed by atoms with Crippen molar-refractivity contribution < 1.29 is 14.7 Å². The Morgan fingerprint density at radius 3 is 2.33 bits per heavy atom. The molecule has 0 heterocycles. The van der Waals surface area contributed by atoms with Gasteiger partial charge in [0.2, 0.25) is 5.91 Å². The molecule has 1 rings (SSSR count). The zero-order valence-corrected chi connectivity index (χ0v) is 10.5.